The summed E-state index contributed by atoms with van der Waals surface area (Å²) in [6.45, 7) is 4.45. The van der Waals surface area contributed by atoms with Gasteiger partial charge in [0, 0.05) is 6.54 Å². The highest BCUT2D eigenvalue weighted by atomic mass is 16.4. The average molecular weight is 216 g/mol. The van der Waals surface area contributed by atoms with Crippen LogP contribution in [-0.2, 0) is 9.59 Å². The van der Waals surface area contributed by atoms with Gasteiger partial charge < -0.3 is 10.4 Å². The van der Waals surface area contributed by atoms with E-state index in [2.05, 4.69) is 10.6 Å². The topological polar surface area (TPSA) is 78.4 Å². The van der Waals surface area contributed by atoms with E-state index >= 15 is 0 Å². The molecule has 0 saturated carbocycles. The van der Waals surface area contributed by atoms with Crippen LogP contribution in [0.1, 0.15) is 33.1 Å². The first-order valence-electron chi connectivity index (χ1n) is 5.34. The molecule has 0 bridgehead atoms. The van der Waals surface area contributed by atoms with Crippen LogP contribution < -0.4 is 10.6 Å². The number of nitrogens with one attached hydrogen (secondary N) is 2. The van der Waals surface area contributed by atoms with E-state index < -0.39 is 12.0 Å². The molecule has 3 N–H and O–H groups in total. The zero-order valence-corrected chi connectivity index (χ0v) is 9.38. The van der Waals surface area contributed by atoms with Crippen LogP contribution in [0, 0.1) is 0 Å². The summed E-state index contributed by atoms with van der Waals surface area (Å²) >= 11 is 0. The summed E-state index contributed by atoms with van der Waals surface area (Å²) in [5.74, 6) is -1.06. The van der Waals surface area contributed by atoms with Gasteiger partial charge in [-0.2, -0.15) is 0 Å². The Hall–Kier alpha value is -1.10. The van der Waals surface area contributed by atoms with Gasteiger partial charge in [0.2, 0.25) is 5.91 Å². The van der Waals surface area contributed by atoms with Gasteiger partial charge in [0.25, 0.3) is 0 Å². The maximum Gasteiger partial charge on any atom is 0.320 e. The summed E-state index contributed by atoms with van der Waals surface area (Å²) in [5.41, 5.74) is 0. The highest BCUT2D eigenvalue weighted by Crippen LogP contribution is 2.00. The lowest BCUT2D eigenvalue weighted by Crippen LogP contribution is -2.43. The number of hydrogen-bond acceptors (Lipinski definition) is 3. The molecule has 0 aliphatic carbocycles. The first-order chi connectivity index (χ1) is 7.11. The van der Waals surface area contributed by atoms with Crippen LogP contribution >= 0.6 is 0 Å². The Bertz CT molecular complexity index is 205. The highest BCUT2D eigenvalue weighted by Gasteiger charge is 2.16. The van der Waals surface area contributed by atoms with Crippen molar-refractivity contribution in [2.45, 2.75) is 39.2 Å². The van der Waals surface area contributed by atoms with E-state index in [1.54, 1.807) is 0 Å². The molecule has 0 spiro atoms. The summed E-state index contributed by atoms with van der Waals surface area (Å²) < 4.78 is 0. The van der Waals surface area contributed by atoms with Gasteiger partial charge >= 0.3 is 5.97 Å². The maximum absolute atomic E-state index is 11.1. The van der Waals surface area contributed by atoms with E-state index in [1.807, 2.05) is 13.8 Å². The molecule has 15 heavy (non-hydrogen) atoms. The fourth-order valence-electron chi connectivity index (χ4n) is 1.20. The fourth-order valence-corrected chi connectivity index (χ4v) is 1.20. The summed E-state index contributed by atoms with van der Waals surface area (Å²) in [6.07, 6.45) is 2.36. The van der Waals surface area contributed by atoms with Gasteiger partial charge in [-0.1, -0.05) is 19.8 Å². The van der Waals surface area contributed by atoms with Crippen LogP contribution in [0.25, 0.3) is 0 Å². The molecule has 0 aliphatic rings. The lowest BCUT2D eigenvalue weighted by atomic mass is 10.1. The number of hydrogen-bond donors (Lipinski definition) is 3. The minimum absolute atomic E-state index is 0.0640. The van der Waals surface area contributed by atoms with Gasteiger partial charge in [-0.3, -0.25) is 14.9 Å². The van der Waals surface area contributed by atoms with Crippen LogP contribution in [0.5, 0.6) is 0 Å². The van der Waals surface area contributed by atoms with Crippen LogP contribution in [-0.4, -0.2) is 36.1 Å². The van der Waals surface area contributed by atoms with Crippen molar-refractivity contribution >= 4 is 11.9 Å². The predicted octanol–water partition coefficient (Wildman–Crippen LogP) is 0.356. The second-order valence-electron chi connectivity index (χ2n) is 3.37. The zero-order valence-electron chi connectivity index (χ0n) is 9.38. The first-order valence-corrected chi connectivity index (χ1v) is 5.34. The molecule has 0 aromatic carbocycles. The molecule has 88 valence electrons. The van der Waals surface area contributed by atoms with Crippen molar-refractivity contribution in [3.05, 3.63) is 0 Å². The Morgan fingerprint density at radius 3 is 2.47 bits per heavy atom. The SMILES string of the molecule is CCCCC(NCC(=O)NCC)C(=O)O. The molecule has 5 nitrogen and oxygen atoms in total. The maximum atomic E-state index is 11.1. The fraction of sp³-hybridized carbons (Fsp3) is 0.800. The van der Waals surface area contributed by atoms with Crippen LogP contribution in [0.3, 0.4) is 0 Å². The van der Waals surface area contributed by atoms with E-state index in [1.165, 1.54) is 0 Å². The molecule has 1 atom stereocenters. The number of carboxylic acid groups (broad SMARTS) is 1. The van der Waals surface area contributed by atoms with Crippen LogP contribution in [0.2, 0.25) is 0 Å². The third-order valence-electron chi connectivity index (χ3n) is 2.03. The average Bonchev–Trinajstić information content (AvgIpc) is 2.17. The van der Waals surface area contributed by atoms with E-state index in [4.69, 9.17) is 5.11 Å². The van der Waals surface area contributed by atoms with Crippen LogP contribution in [0.15, 0.2) is 0 Å². The minimum atomic E-state index is -0.896. The number of likely N-dealkylation sites (N-methyl/N-ethyl adjacent to an activating group) is 1. The molecule has 0 aromatic heterocycles. The number of amides is 1. The molecule has 0 saturated heterocycles. The van der Waals surface area contributed by atoms with Crippen molar-refractivity contribution in [3.63, 3.8) is 0 Å². The number of carboxylic acids is 1. The molecule has 0 heterocycles. The number of carbonyl (C=O) groups excluding carboxylic acids is 1. The third kappa shape index (κ3) is 6.90. The minimum Gasteiger partial charge on any atom is -0.480 e. The summed E-state index contributed by atoms with van der Waals surface area (Å²) in [5, 5.41) is 14.2. The Kier molecular flexibility index (Phi) is 7.62. The van der Waals surface area contributed by atoms with Crippen molar-refractivity contribution in [2.75, 3.05) is 13.1 Å². The smallest absolute Gasteiger partial charge is 0.320 e. The van der Waals surface area contributed by atoms with Gasteiger partial charge in [0.05, 0.1) is 6.54 Å². The van der Waals surface area contributed by atoms with E-state index in [0.29, 0.717) is 13.0 Å². The van der Waals surface area contributed by atoms with Crippen LogP contribution in [0.4, 0.5) is 0 Å². The standard InChI is InChI=1S/C10H20N2O3/c1-3-5-6-8(10(14)15)12-7-9(13)11-4-2/h8,12H,3-7H2,1-2H3,(H,11,13)(H,14,15). The first kappa shape index (κ1) is 13.9. The molecule has 0 aliphatic heterocycles. The van der Waals surface area contributed by atoms with Crippen molar-refractivity contribution < 1.29 is 14.7 Å². The Morgan fingerprint density at radius 2 is 2.00 bits per heavy atom. The molecular formula is C10H20N2O3. The highest BCUT2D eigenvalue weighted by molar-refractivity contribution is 5.79. The molecule has 1 amide bonds. The number of aliphatic carboxylic acids is 1. The van der Waals surface area contributed by atoms with Crippen molar-refractivity contribution in [1.82, 2.24) is 10.6 Å². The molecule has 5 heteroatoms. The zero-order chi connectivity index (χ0) is 11.7. The molecule has 0 rings (SSSR count). The normalized spacial score (nSPS) is 12.1. The van der Waals surface area contributed by atoms with Gasteiger partial charge in [-0.25, -0.2) is 0 Å². The van der Waals surface area contributed by atoms with Crippen molar-refractivity contribution in [2.24, 2.45) is 0 Å². The summed E-state index contributed by atoms with van der Waals surface area (Å²) in [6, 6.07) is -0.618. The third-order valence-corrected chi connectivity index (χ3v) is 2.03. The monoisotopic (exact) mass is 216 g/mol. The predicted molar refractivity (Wildman–Crippen MR) is 57.6 cm³/mol. The number of carbonyl (C=O) groups is 2. The second-order valence-corrected chi connectivity index (χ2v) is 3.37. The lowest BCUT2D eigenvalue weighted by molar-refractivity contribution is -0.139. The van der Waals surface area contributed by atoms with Gasteiger partial charge in [-0.15, -0.1) is 0 Å². The lowest BCUT2D eigenvalue weighted by Gasteiger charge is -2.13. The molecule has 1 unspecified atom stereocenters. The molecule has 0 fully saturated rings. The second kappa shape index (κ2) is 8.23. The molecule has 0 aromatic rings. The van der Waals surface area contributed by atoms with E-state index in [0.717, 1.165) is 12.8 Å². The summed E-state index contributed by atoms with van der Waals surface area (Å²) in [7, 11) is 0. The van der Waals surface area contributed by atoms with Gasteiger partial charge in [0.15, 0.2) is 0 Å². The van der Waals surface area contributed by atoms with E-state index in [9.17, 15) is 9.59 Å². The summed E-state index contributed by atoms with van der Waals surface area (Å²) in [4.78, 5) is 21.9. The van der Waals surface area contributed by atoms with Crippen molar-refractivity contribution in [3.8, 4) is 0 Å². The molecular weight excluding hydrogens is 196 g/mol. The van der Waals surface area contributed by atoms with E-state index in [-0.39, 0.29) is 12.5 Å². The van der Waals surface area contributed by atoms with Gasteiger partial charge in [-0.05, 0) is 13.3 Å². The number of rotatable bonds is 8. The largest absolute Gasteiger partial charge is 0.480 e. The quantitative estimate of drug-likeness (QED) is 0.547. The number of unbranched alkanes of at least 4 members (excludes halogenated alkanes) is 1. The van der Waals surface area contributed by atoms with Crippen molar-refractivity contribution in [1.29, 1.82) is 0 Å². The Morgan fingerprint density at radius 1 is 1.33 bits per heavy atom. The Labute approximate surface area is 90.2 Å². The van der Waals surface area contributed by atoms with Gasteiger partial charge in [0.1, 0.15) is 6.04 Å². The molecule has 0 radical (unpaired) electrons. The Balaban J connectivity index is 3.85.